The number of hydrogen-bond donors (Lipinski definition) is 0. The van der Waals surface area contributed by atoms with E-state index in [1.165, 1.54) is 0 Å². The van der Waals surface area contributed by atoms with Gasteiger partial charge in [-0.2, -0.15) is 0 Å². The van der Waals surface area contributed by atoms with Gasteiger partial charge in [0.2, 0.25) is 0 Å². The first-order valence-electron chi connectivity index (χ1n) is 4.65. The Morgan fingerprint density at radius 2 is 2.06 bits per heavy atom. The maximum atomic E-state index is 6.00. The summed E-state index contributed by atoms with van der Waals surface area (Å²) in [6.45, 7) is 0. The SMILES string of the molecule is Clc1ccc(C=Nc2cccnc2)c(Cl)c1. The van der Waals surface area contributed by atoms with Crippen molar-refractivity contribution < 1.29 is 0 Å². The van der Waals surface area contributed by atoms with E-state index in [1.807, 2.05) is 18.2 Å². The van der Waals surface area contributed by atoms with Crippen LogP contribution in [0.1, 0.15) is 5.56 Å². The van der Waals surface area contributed by atoms with Gasteiger partial charge in [-0.25, -0.2) is 0 Å². The summed E-state index contributed by atoms with van der Waals surface area (Å²) < 4.78 is 0. The quantitative estimate of drug-likeness (QED) is 0.736. The topological polar surface area (TPSA) is 25.2 Å². The van der Waals surface area contributed by atoms with Crippen molar-refractivity contribution >= 4 is 35.1 Å². The first-order chi connectivity index (χ1) is 7.75. The van der Waals surface area contributed by atoms with E-state index in [0.717, 1.165) is 11.3 Å². The van der Waals surface area contributed by atoms with Crippen LogP contribution in [0.2, 0.25) is 10.0 Å². The summed E-state index contributed by atoms with van der Waals surface area (Å²) in [5.41, 5.74) is 1.61. The molecule has 0 radical (unpaired) electrons. The maximum Gasteiger partial charge on any atom is 0.0813 e. The molecule has 1 aromatic carbocycles. The minimum atomic E-state index is 0.583. The van der Waals surface area contributed by atoms with E-state index in [2.05, 4.69) is 9.98 Å². The fraction of sp³-hybridized carbons (Fsp3) is 0. The van der Waals surface area contributed by atoms with E-state index in [4.69, 9.17) is 23.2 Å². The lowest BCUT2D eigenvalue weighted by atomic mass is 10.2. The molecule has 4 heteroatoms. The molecular weight excluding hydrogens is 243 g/mol. The molecule has 2 nitrogen and oxygen atoms in total. The van der Waals surface area contributed by atoms with Crippen LogP contribution in [0.4, 0.5) is 5.69 Å². The molecule has 0 amide bonds. The normalized spacial score (nSPS) is 10.9. The fourth-order valence-electron chi connectivity index (χ4n) is 1.18. The smallest absolute Gasteiger partial charge is 0.0813 e. The summed E-state index contributed by atoms with van der Waals surface area (Å²) in [7, 11) is 0. The van der Waals surface area contributed by atoms with Gasteiger partial charge in [-0.3, -0.25) is 9.98 Å². The van der Waals surface area contributed by atoms with Crippen molar-refractivity contribution in [3.05, 3.63) is 58.3 Å². The van der Waals surface area contributed by atoms with Crippen LogP contribution in [0, 0.1) is 0 Å². The number of nitrogens with zero attached hydrogens (tertiary/aromatic N) is 2. The van der Waals surface area contributed by atoms with Crippen LogP contribution in [-0.2, 0) is 0 Å². The Bertz CT molecular complexity index is 510. The molecule has 1 aromatic heterocycles. The molecule has 0 saturated heterocycles. The average Bonchev–Trinajstić information content (AvgIpc) is 2.29. The lowest BCUT2D eigenvalue weighted by Gasteiger charge is -1.98. The van der Waals surface area contributed by atoms with E-state index in [9.17, 15) is 0 Å². The van der Waals surface area contributed by atoms with Gasteiger partial charge >= 0.3 is 0 Å². The third-order valence-electron chi connectivity index (χ3n) is 1.96. The van der Waals surface area contributed by atoms with Crippen molar-refractivity contribution in [1.82, 2.24) is 4.98 Å². The highest BCUT2D eigenvalue weighted by atomic mass is 35.5. The van der Waals surface area contributed by atoms with Crippen molar-refractivity contribution in [2.75, 3.05) is 0 Å². The second-order valence-corrected chi connectivity index (χ2v) is 3.98. The largest absolute Gasteiger partial charge is 0.262 e. The molecule has 0 saturated carbocycles. The Morgan fingerprint density at radius 3 is 2.75 bits per heavy atom. The lowest BCUT2D eigenvalue weighted by molar-refractivity contribution is 1.31. The van der Waals surface area contributed by atoms with Crippen LogP contribution in [-0.4, -0.2) is 11.2 Å². The number of aliphatic imine (C=N–C) groups is 1. The molecule has 0 N–H and O–H groups in total. The van der Waals surface area contributed by atoms with Gasteiger partial charge in [0.25, 0.3) is 0 Å². The minimum absolute atomic E-state index is 0.583. The molecule has 0 spiro atoms. The standard InChI is InChI=1S/C12H8Cl2N2/c13-10-4-3-9(12(14)6-10)7-16-11-2-1-5-15-8-11/h1-8H. The van der Waals surface area contributed by atoms with Crippen LogP contribution in [0.25, 0.3) is 0 Å². The zero-order valence-corrected chi connectivity index (χ0v) is 9.78. The summed E-state index contributed by atoms with van der Waals surface area (Å²) in [6.07, 6.45) is 5.07. The summed E-state index contributed by atoms with van der Waals surface area (Å²) in [6, 6.07) is 8.99. The Morgan fingerprint density at radius 1 is 1.19 bits per heavy atom. The van der Waals surface area contributed by atoms with Gasteiger partial charge in [-0.05, 0) is 24.3 Å². The van der Waals surface area contributed by atoms with Crippen molar-refractivity contribution in [3.63, 3.8) is 0 Å². The number of halogens is 2. The average molecular weight is 251 g/mol. The van der Waals surface area contributed by atoms with Crippen LogP contribution in [0.15, 0.2) is 47.7 Å². The van der Waals surface area contributed by atoms with Gasteiger partial charge in [0.05, 0.1) is 16.9 Å². The van der Waals surface area contributed by atoms with E-state index >= 15 is 0 Å². The highest BCUT2D eigenvalue weighted by Crippen LogP contribution is 2.20. The van der Waals surface area contributed by atoms with Gasteiger partial charge in [0.1, 0.15) is 0 Å². The van der Waals surface area contributed by atoms with Crippen LogP contribution in [0.3, 0.4) is 0 Å². The third kappa shape index (κ3) is 2.81. The maximum absolute atomic E-state index is 6.00. The minimum Gasteiger partial charge on any atom is -0.262 e. The molecule has 0 aliphatic heterocycles. The monoisotopic (exact) mass is 250 g/mol. The molecule has 0 aliphatic carbocycles. The molecule has 80 valence electrons. The number of hydrogen-bond acceptors (Lipinski definition) is 2. The van der Waals surface area contributed by atoms with Crippen LogP contribution < -0.4 is 0 Å². The zero-order chi connectivity index (χ0) is 11.4. The van der Waals surface area contributed by atoms with E-state index in [1.54, 1.807) is 30.7 Å². The van der Waals surface area contributed by atoms with Crippen LogP contribution >= 0.6 is 23.2 Å². The molecular formula is C12H8Cl2N2. The van der Waals surface area contributed by atoms with Gasteiger partial charge < -0.3 is 0 Å². The van der Waals surface area contributed by atoms with Gasteiger partial charge in [0, 0.05) is 23.0 Å². The number of pyridine rings is 1. The molecule has 1 heterocycles. The van der Waals surface area contributed by atoms with Crippen molar-refractivity contribution in [1.29, 1.82) is 0 Å². The number of aromatic nitrogens is 1. The molecule has 0 unspecified atom stereocenters. The Labute approximate surface area is 104 Å². The molecule has 2 rings (SSSR count). The molecule has 0 bridgehead atoms. The zero-order valence-electron chi connectivity index (χ0n) is 8.27. The third-order valence-corrected chi connectivity index (χ3v) is 2.52. The highest BCUT2D eigenvalue weighted by molar-refractivity contribution is 6.36. The first kappa shape index (κ1) is 11.1. The van der Waals surface area contributed by atoms with Gasteiger partial charge in [0.15, 0.2) is 0 Å². The summed E-state index contributed by atoms with van der Waals surface area (Å²) >= 11 is 11.8. The number of benzene rings is 1. The van der Waals surface area contributed by atoms with E-state index < -0.39 is 0 Å². The molecule has 2 aromatic rings. The molecule has 16 heavy (non-hydrogen) atoms. The Kier molecular flexibility index (Phi) is 3.54. The molecule has 0 atom stereocenters. The summed E-state index contributed by atoms with van der Waals surface area (Å²) in [5, 5.41) is 1.20. The lowest BCUT2D eigenvalue weighted by Crippen LogP contribution is -1.82. The van der Waals surface area contributed by atoms with Crippen molar-refractivity contribution in [3.8, 4) is 0 Å². The second-order valence-electron chi connectivity index (χ2n) is 3.14. The summed E-state index contributed by atoms with van der Waals surface area (Å²) in [4.78, 5) is 8.22. The van der Waals surface area contributed by atoms with Gasteiger partial charge in [-0.1, -0.05) is 29.3 Å². The van der Waals surface area contributed by atoms with Gasteiger partial charge in [-0.15, -0.1) is 0 Å². The second kappa shape index (κ2) is 5.10. The van der Waals surface area contributed by atoms with Crippen LogP contribution in [0.5, 0.6) is 0 Å². The number of rotatable bonds is 2. The predicted molar refractivity (Wildman–Crippen MR) is 68.0 cm³/mol. The molecule has 0 aliphatic rings. The Balaban J connectivity index is 2.24. The van der Waals surface area contributed by atoms with E-state index in [-0.39, 0.29) is 0 Å². The fourth-order valence-corrected chi connectivity index (χ4v) is 1.64. The van der Waals surface area contributed by atoms with Crippen molar-refractivity contribution in [2.45, 2.75) is 0 Å². The first-order valence-corrected chi connectivity index (χ1v) is 5.40. The Hall–Kier alpha value is -1.38. The molecule has 0 fully saturated rings. The van der Waals surface area contributed by atoms with Crippen molar-refractivity contribution in [2.24, 2.45) is 4.99 Å². The summed E-state index contributed by atoms with van der Waals surface area (Å²) in [5.74, 6) is 0. The predicted octanol–water partition coefficient (Wildman–Crippen LogP) is 4.14. The highest BCUT2D eigenvalue weighted by Gasteiger charge is 1.97. The van der Waals surface area contributed by atoms with E-state index in [0.29, 0.717) is 10.0 Å².